The van der Waals surface area contributed by atoms with Gasteiger partial charge in [0.25, 0.3) is 0 Å². The smallest absolute Gasteiger partial charge is 0.333 e. The van der Waals surface area contributed by atoms with Gasteiger partial charge in [-0.3, -0.25) is 5.41 Å². The number of nitrogens with one attached hydrogen (secondary N) is 2. The van der Waals surface area contributed by atoms with E-state index in [0.717, 1.165) is 0 Å². The second kappa shape index (κ2) is 10.8. The van der Waals surface area contributed by atoms with Gasteiger partial charge in [-0.25, -0.2) is 9.18 Å². The highest BCUT2D eigenvalue weighted by molar-refractivity contribution is 5.95. The van der Waals surface area contributed by atoms with E-state index in [-0.39, 0.29) is 29.9 Å². The Kier molecular flexibility index (Phi) is 7.88. The van der Waals surface area contributed by atoms with Crippen molar-refractivity contribution in [3.63, 3.8) is 0 Å². The van der Waals surface area contributed by atoms with Crippen LogP contribution in [0.4, 0.5) is 10.1 Å². The molecule has 0 saturated carbocycles. The molecule has 0 radical (unpaired) electrons. The van der Waals surface area contributed by atoms with E-state index in [1.54, 1.807) is 31.2 Å². The Bertz CT molecular complexity index is 945. The number of hydrogen-bond acceptors (Lipinski definition) is 7. The SMILES string of the molecule is CCOC(=O)C(Nc1ccc(C(=N)N)cc1)c1cc(OCC)cc(O[C@@H]2CCOC2)c1F. The van der Waals surface area contributed by atoms with Gasteiger partial charge in [0.1, 0.15) is 17.7 Å². The van der Waals surface area contributed by atoms with Gasteiger partial charge in [-0.05, 0) is 44.2 Å². The number of nitrogen functional groups attached to an aromatic ring is 1. The first kappa shape index (κ1) is 23.3. The quantitative estimate of drug-likeness (QED) is 0.292. The van der Waals surface area contributed by atoms with E-state index >= 15 is 4.39 Å². The number of amidine groups is 1. The minimum atomic E-state index is -1.15. The Morgan fingerprint density at radius 2 is 2.03 bits per heavy atom. The number of hydrogen-bond donors (Lipinski definition) is 3. The number of carbonyl (C=O) groups is 1. The minimum absolute atomic E-state index is 0.00974. The van der Waals surface area contributed by atoms with Gasteiger partial charge in [-0.15, -0.1) is 0 Å². The van der Waals surface area contributed by atoms with Gasteiger partial charge >= 0.3 is 5.97 Å². The number of rotatable bonds is 10. The summed E-state index contributed by atoms with van der Waals surface area (Å²) in [6.45, 7) is 4.91. The fraction of sp³-hybridized carbons (Fsp3) is 0.391. The predicted octanol–water partition coefficient (Wildman–Crippen LogP) is 3.39. The highest BCUT2D eigenvalue weighted by Crippen LogP contribution is 2.34. The molecule has 1 aliphatic heterocycles. The number of benzene rings is 2. The number of halogens is 1. The predicted molar refractivity (Wildman–Crippen MR) is 118 cm³/mol. The third kappa shape index (κ3) is 5.67. The standard InChI is InChI=1S/C23H28FN3O5/c1-3-30-17-11-18(20(24)19(12-17)32-16-9-10-29-13-16)21(23(28)31-4-2)27-15-7-5-14(6-8-15)22(25)26/h5-8,11-12,16,21,27H,3-4,9-10,13H2,1-2H3,(H3,25,26)/t16-,21?/m1/s1. The molecule has 3 rings (SSSR count). The summed E-state index contributed by atoms with van der Waals surface area (Å²) < 4.78 is 37.5. The molecule has 2 aromatic rings. The van der Waals surface area contributed by atoms with Crippen LogP contribution in [0, 0.1) is 11.2 Å². The van der Waals surface area contributed by atoms with Crippen LogP contribution in [-0.2, 0) is 14.3 Å². The molecule has 0 amide bonds. The van der Waals surface area contributed by atoms with Crippen LogP contribution in [0.25, 0.3) is 0 Å². The molecular formula is C23H28FN3O5. The molecule has 1 aliphatic rings. The van der Waals surface area contributed by atoms with Crippen molar-refractivity contribution in [2.45, 2.75) is 32.4 Å². The Hall–Kier alpha value is -3.33. The first-order chi connectivity index (χ1) is 15.4. The molecule has 2 aromatic carbocycles. The summed E-state index contributed by atoms with van der Waals surface area (Å²) >= 11 is 0. The minimum Gasteiger partial charge on any atom is -0.494 e. The van der Waals surface area contributed by atoms with E-state index in [4.69, 9.17) is 30.1 Å². The van der Waals surface area contributed by atoms with Crippen LogP contribution in [0.2, 0.25) is 0 Å². The molecular weight excluding hydrogens is 417 g/mol. The second-order valence-corrected chi connectivity index (χ2v) is 7.18. The van der Waals surface area contributed by atoms with E-state index in [1.807, 2.05) is 6.92 Å². The number of ether oxygens (including phenoxy) is 4. The third-order valence-electron chi connectivity index (χ3n) is 4.87. The molecule has 0 aromatic heterocycles. The third-order valence-corrected chi connectivity index (χ3v) is 4.87. The number of esters is 1. The normalized spacial score (nSPS) is 16.3. The average Bonchev–Trinajstić information content (AvgIpc) is 3.28. The summed E-state index contributed by atoms with van der Waals surface area (Å²) in [6.07, 6.45) is 0.373. The molecule has 1 fully saturated rings. The van der Waals surface area contributed by atoms with Gasteiger partial charge < -0.3 is 30.0 Å². The van der Waals surface area contributed by atoms with Crippen LogP contribution >= 0.6 is 0 Å². The maximum absolute atomic E-state index is 15.6. The van der Waals surface area contributed by atoms with Gasteiger partial charge in [0.05, 0.1) is 26.4 Å². The lowest BCUT2D eigenvalue weighted by Crippen LogP contribution is -2.25. The van der Waals surface area contributed by atoms with Crippen LogP contribution in [-0.4, -0.2) is 44.3 Å². The number of anilines is 1. The summed E-state index contributed by atoms with van der Waals surface area (Å²) in [5.41, 5.74) is 6.59. The van der Waals surface area contributed by atoms with Crippen LogP contribution < -0.4 is 20.5 Å². The second-order valence-electron chi connectivity index (χ2n) is 7.18. The largest absolute Gasteiger partial charge is 0.494 e. The Morgan fingerprint density at radius 1 is 1.28 bits per heavy atom. The Labute approximate surface area is 186 Å². The van der Waals surface area contributed by atoms with Crippen molar-refractivity contribution in [1.82, 2.24) is 0 Å². The molecule has 1 heterocycles. The maximum atomic E-state index is 15.6. The zero-order valence-corrected chi connectivity index (χ0v) is 18.2. The number of nitrogens with two attached hydrogens (primary N) is 1. The summed E-state index contributed by atoms with van der Waals surface area (Å²) in [7, 11) is 0. The van der Waals surface area contributed by atoms with E-state index in [0.29, 0.717) is 43.2 Å². The fourth-order valence-corrected chi connectivity index (χ4v) is 3.33. The van der Waals surface area contributed by atoms with E-state index in [2.05, 4.69) is 5.32 Å². The molecule has 0 spiro atoms. The molecule has 4 N–H and O–H groups in total. The molecule has 2 atom stereocenters. The number of carbonyl (C=O) groups excluding carboxylic acids is 1. The van der Waals surface area contributed by atoms with Crippen molar-refractivity contribution >= 4 is 17.5 Å². The zero-order valence-electron chi connectivity index (χ0n) is 18.2. The van der Waals surface area contributed by atoms with E-state index < -0.39 is 17.8 Å². The fourth-order valence-electron chi connectivity index (χ4n) is 3.33. The van der Waals surface area contributed by atoms with E-state index in [9.17, 15) is 4.79 Å². The van der Waals surface area contributed by atoms with Crippen molar-refractivity contribution in [2.75, 3.05) is 31.7 Å². The van der Waals surface area contributed by atoms with Gasteiger partial charge in [-0.1, -0.05) is 0 Å². The molecule has 172 valence electrons. The van der Waals surface area contributed by atoms with Gasteiger partial charge in [0.2, 0.25) is 0 Å². The lowest BCUT2D eigenvalue weighted by atomic mass is 10.0. The topological polar surface area (TPSA) is 116 Å². The molecule has 9 heteroatoms. The van der Waals surface area contributed by atoms with Gasteiger partial charge in [-0.2, -0.15) is 0 Å². The van der Waals surface area contributed by atoms with Crippen LogP contribution in [0.1, 0.15) is 37.4 Å². The maximum Gasteiger partial charge on any atom is 0.333 e. The first-order valence-corrected chi connectivity index (χ1v) is 10.5. The molecule has 0 aliphatic carbocycles. The van der Waals surface area contributed by atoms with Crippen LogP contribution in [0.15, 0.2) is 36.4 Å². The molecule has 8 nitrogen and oxygen atoms in total. The summed E-state index contributed by atoms with van der Waals surface area (Å²) in [5, 5.41) is 10.5. The monoisotopic (exact) mass is 445 g/mol. The molecule has 0 bridgehead atoms. The van der Waals surface area contributed by atoms with Crippen molar-refractivity contribution in [1.29, 1.82) is 5.41 Å². The molecule has 32 heavy (non-hydrogen) atoms. The summed E-state index contributed by atoms with van der Waals surface area (Å²) in [5.74, 6) is -1.03. The van der Waals surface area contributed by atoms with Crippen LogP contribution in [0.3, 0.4) is 0 Å². The Balaban J connectivity index is 1.98. The van der Waals surface area contributed by atoms with Crippen molar-refractivity contribution in [2.24, 2.45) is 5.73 Å². The lowest BCUT2D eigenvalue weighted by molar-refractivity contribution is -0.144. The van der Waals surface area contributed by atoms with Crippen LogP contribution in [0.5, 0.6) is 11.5 Å². The van der Waals surface area contributed by atoms with E-state index in [1.165, 1.54) is 12.1 Å². The highest BCUT2D eigenvalue weighted by Gasteiger charge is 2.29. The van der Waals surface area contributed by atoms with Gasteiger partial charge in [0, 0.05) is 29.3 Å². The summed E-state index contributed by atoms with van der Waals surface area (Å²) in [6, 6.07) is 8.37. The molecule has 1 unspecified atom stereocenters. The van der Waals surface area contributed by atoms with Gasteiger partial charge in [0.15, 0.2) is 17.6 Å². The van der Waals surface area contributed by atoms with Crippen molar-refractivity contribution in [3.8, 4) is 11.5 Å². The molecule has 1 saturated heterocycles. The summed E-state index contributed by atoms with van der Waals surface area (Å²) in [4.78, 5) is 12.8. The first-order valence-electron chi connectivity index (χ1n) is 10.5. The average molecular weight is 445 g/mol. The highest BCUT2D eigenvalue weighted by atomic mass is 19.1. The van der Waals surface area contributed by atoms with Crippen molar-refractivity contribution < 1.29 is 28.1 Å². The zero-order chi connectivity index (χ0) is 23.1. The lowest BCUT2D eigenvalue weighted by Gasteiger charge is -2.22. The van der Waals surface area contributed by atoms with Crippen molar-refractivity contribution in [3.05, 3.63) is 53.3 Å². The Morgan fingerprint density at radius 3 is 2.62 bits per heavy atom.